The Bertz CT molecular complexity index is 800. The van der Waals surface area contributed by atoms with Gasteiger partial charge in [-0.15, -0.1) is 0 Å². The molecular weight excluding hydrogens is 288 g/mol. The number of nitrogens with zero attached hydrogens (tertiary/aromatic N) is 2. The summed E-state index contributed by atoms with van der Waals surface area (Å²) in [6.07, 6.45) is 6.25. The van der Waals surface area contributed by atoms with Gasteiger partial charge in [0.1, 0.15) is 0 Å². The van der Waals surface area contributed by atoms with Crippen molar-refractivity contribution in [2.45, 2.75) is 6.42 Å². The van der Waals surface area contributed by atoms with Crippen LogP contribution in [-0.4, -0.2) is 36.8 Å². The third-order valence-electron chi connectivity index (χ3n) is 3.55. The Hall–Kier alpha value is -1.92. The van der Waals surface area contributed by atoms with Gasteiger partial charge in [0.2, 0.25) is 0 Å². The molecule has 0 atom stereocenters. The fourth-order valence-electron chi connectivity index (χ4n) is 2.65. The van der Waals surface area contributed by atoms with E-state index in [9.17, 15) is 8.42 Å². The largest absolute Gasteiger partial charge is 0.366 e. The molecule has 2 heterocycles. The number of anilines is 1. The Balaban J connectivity index is 1.93. The van der Waals surface area contributed by atoms with E-state index in [2.05, 4.69) is 16.0 Å². The standard InChI is InChI=1S/C15H16N2O3S/c18-21(19,20)11-3-10-17-9-2-5-13-7-6-12-4-1-8-16-14(12)15(13)17/h1-2,4-8H,3,9-11H2,(H,18,19,20). The quantitative estimate of drug-likeness (QED) is 0.878. The van der Waals surface area contributed by atoms with Gasteiger partial charge >= 0.3 is 0 Å². The molecule has 0 bridgehead atoms. The molecule has 110 valence electrons. The van der Waals surface area contributed by atoms with Gasteiger partial charge in [-0.2, -0.15) is 8.42 Å². The average molecular weight is 304 g/mol. The first-order valence-corrected chi connectivity index (χ1v) is 8.40. The lowest BCUT2D eigenvalue weighted by Gasteiger charge is -2.29. The van der Waals surface area contributed by atoms with E-state index < -0.39 is 10.1 Å². The summed E-state index contributed by atoms with van der Waals surface area (Å²) in [4.78, 5) is 6.57. The Labute approximate surface area is 123 Å². The van der Waals surface area contributed by atoms with Crippen molar-refractivity contribution in [1.82, 2.24) is 4.98 Å². The maximum Gasteiger partial charge on any atom is 0.264 e. The molecule has 21 heavy (non-hydrogen) atoms. The number of hydrogen-bond donors (Lipinski definition) is 1. The van der Waals surface area contributed by atoms with E-state index >= 15 is 0 Å². The van der Waals surface area contributed by atoms with Crippen LogP contribution in [0.4, 0.5) is 5.69 Å². The Morgan fingerprint density at radius 3 is 2.95 bits per heavy atom. The SMILES string of the molecule is O=S(=O)(O)CCCN1CC=Cc2ccc3cccnc3c21. The third kappa shape index (κ3) is 3.06. The molecule has 0 spiro atoms. The molecule has 1 aliphatic heterocycles. The lowest BCUT2D eigenvalue weighted by atomic mass is 10.0. The van der Waals surface area contributed by atoms with Crippen molar-refractivity contribution < 1.29 is 13.0 Å². The molecule has 0 radical (unpaired) electrons. The monoisotopic (exact) mass is 304 g/mol. The second-order valence-electron chi connectivity index (χ2n) is 5.07. The minimum Gasteiger partial charge on any atom is -0.366 e. The first kappa shape index (κ1) is 14.0. The second kappa shape index (κ2) is 5.46. The normalized spacial score (nSPS) is 14.4. The van der Waals surface area contributed by atoms with Crippen LogP contribution in [0.15, 0.2) is 36.5 Å². The fraction of sp³-hybridized carbons (Fsp3) is 0.267. The molecule has 2 aromatic rings. The van der Waals surface area contributed by atoms with E-state index in [1.807, 2.05) is 30.3 Å². The summed E-state index contributed by atoms with van der Waals surface area (Å²) >= 11 is 0. The predicted octanol–water partition coefficient (Wildman–Crippen LogP) is 2.35. The van der Waals surface area contributed by atoms with Gasteiger partial charge < -0.3 is 4.90 Å². The molecule has 0 aliphatic carbocycles. The summed E-state index contributed by atoms with van der Waals surface area (Å²) in [6.45, 7) is 1.28. The third-order valence-corrected chi connectivity index (χ3v) is 4.35. The van der Waals surface area contributed by atoms with Crippen molar-refractivity contribution in [2.24, 2.45) is 0 Å². The number of aromatic nitrogens is 1. The summed E-state index contributed by atoms with van der Waals surface area (Å²) < 4.78 is 30.5. The highest BCUT2D eigenvalue weighted by molar-refractivity contribution is 7.85. The van der Waals surface area contributed by atoms with Crippen molar-refractivity contribution in [3.05, 3.63) is 42.1 Å². The van der Waals surface area contributed by atoms with Gasteiger partial charge in [0.15, 0.2) is 0 Å². The van der Waals surface area contributed by atoms with Crippen LogP contribution in [0.3, 0.4) is 0 Å². The summed E-state index contributed by atoms with van der Waals surface area (Å²) in [5, 5.41) is 1.06. The van der Waals surface area contributed by atoms with Gasteiger partial charge in [-0.25, -0.2) is 0 Å². The molecule has 0 saturated carbocycles. The van der Waals surface area contributed by atoms with E-state index in [4.69, 9.17) is 4.55 Å². The van der Waals surface area contributed by atoms with E-state index in [0.717, 1.165) is 22.2 Å². The van der Waals surface area contributed by atoms with E-state index in [0.29, 0.717) is 19.5 Å². The molecule has 1 aliphatic rings. The topological polar surface area (TPSA) is 70.5 Å². The van der Waals surface area contributed by atoms with Crippen LogP contribution in [0.2, 0.25) is 0 Å². The molecule has 1 aromatic heterocycles. The average Bonchev–Trinajstić information content (AvgIpc) is 2.46. The zero-order valence-corrected chi connectivity index (χ0v) is 12.3. The van der Waals surface area contributed by atoms with Crippen molar-refractivity contribution in [2.75, 3.05) is 23.7 Å². The Morgan fingerprint density at radius 1 is 1.29 bits per heavy atom. The molecule has 1 aromatic carbocycles. The minimum atomic E-state index is -3.91. The van der Waals surface area contributed by atoms with E-state index in [-0.39, 0.29) is 5.75 Å². The van der Waals surface area contributed by atoms with Gasteiger partial charge in [-0.1, -0.05) is 30.4 Å². The number of fused-ring (bicyclic) bond motifs is 3. The van der Waals surface area contributed by atoms with Crippen molar-refractivity contribution in [3.63, 3.8) is 0 Å². The fourth-order valence-corrected chi connectivity index (χ4v) is 3.15. The van der Waals surface area contributed by atoms with Crippen LogP contribution < -0.4 is 4.90 Å². The Kier molecular flexibility index (Phi) is 3.65. The summed E-state index contributed by atoms with van der Waals surface area (Å²) in [5.74, 6) is -0.221. The van der Waals surface area contributed by atoms with Crippen LogP contribution in [0.25, 0.3) is 17.0 Å². The van der Waals surface area contributed by atoms with Crippen LogP contribution in [0.1, 0.15) is 12.0 Å². The molecule has 1 N–H and O–H groups in total. The molecule has 5 nitrogen and oxygen atoms in total. The second-order valence-corrected chi connectivity index (χ2v) is 6.64. The molecule has 0 saturated heterocycles. The zero-order chi connectivity index (χ0) is 14.9. The molecular formula is C15H16N2O3S. The summed E-state index contributed by atoms with van der Waals surface area (Å²) in [5.41, 5.74) is 3.04. The first-order valence-electron chi connectivity index (χ1n) is 6.79. The van der Waals surface area contributed by atoms with Crippen LogP contribution in [0, 0.1) is 0 Å². The first-order chi connectivity index (χ1) is 10.0. The zero-order valence-electron chi connectivity index (χ0n) is 11.4. The van der Waals surface area contributed by atoms with Gasteiger partial charge in [0.25, 0.3) is 10.1 Å². The van der Waals surface area contributed by atoms with Gasteiger partial charge in [0.05, 0.1) is 17.0 Å². The number of rotatable bonds is 4. The van der Waals surface area contributed by atoms with Gasteiger partial charge in [-0.3, -0.25) is 9.54 Å². The molecule has 0 amide bonds. The van der Waals surface area contributed by atoms with E-state index in [1.54, 1.807) is 6.20 Å². The predicted molar refractivity (Wildman–Crippen MR) is 84.0 cm³/mol. The van der Waals surface area contributed by atoms with E-state index in [1.165, 1.54) is 0 Å². The Morgan fingerprint density at radius 2 is 2.14 bits per heavy atom. The highest BCUT2D eigenvalue weighted by Crippen LogP contribution is 2.32. The van der Waals surface area contributed by atoms with Crippen molar-refractivity contribution >= 4 is 32.8 Å². The number of benzene rings is 1. The summed E-state index contributed by atoms with van der Waals surface area (Å²) in [7, 11) is -3.91. The molecule has 3 rings (SSSR count). The lowest BCUT2D eigenvalue weighted by molar-refractivity contribution is 0.481. The molecule has 0 unspecified atom stereocenters. The van der Waals surface area contributed by atoms with Crippen molar-refractivity contribution in [1.29, 1.82) is 0 Å². The lowest BCUT2D eigenvalue weighted by Crippen LogP contribution is -2.28. The number of pyridine rings is 1. The summed E-state index contributed by atoms with van der Waals surface area (Å²) in [6, 6.07) is 7.99. The van der Waals surface area contributed by atoms with Gasteiger partial charge in [0, 0.05) is 24.7 Å². The molecule has 0 fully saturated rings. The van der Waals surface area contributed by atoms with Crippen LogP contribution >= 0.6 is 0 Å². The highest BCUT2D eigenvalue weighted by Gasteiger charge is 2.17. The smallest absolute Gasteiger partial charge is 0.264 e. The molecule has 6 heteroatoms. The van der Waals surface area contributed by atoms with Crippen LogP contribution in [-0.2, 0) is 10.1 Å². The minimum absolute atomic E-state index is 0.221. The van der Waals surface area contributed by atoms with Crippen LogP contribution in [0.5, 0.6) is 0 Å². The number of hydrogen-bond acceptors (Lipinski definition) is 4. The highest BCUT2D eigenvalue weighted by atomic mass is 32.2. The maximum absolute atomic E-state index is 10.8. The van der Waals surface area contributed by atoms with Crippen molar-refractivity contribution in [3.8, 4) is 0 Å². The maximum atomic E-state index is 10.8. The van der Waals surface area contributed by atoms with Gasteiger partial charge in [-0.05, 0) is 18.1 Å².